The van der Waals surface area contributed by atoms with Gasteiger partial charge in [0.15, 0.2) is 5.96 Å². The number of hydrogen-bond donors (Lipinski definition) is 2. The molecular formula is C28H37N5O3. The number of rotatable bonds is 10. The van der Waals surface area contributed by atoms with Crippen LogP contribution in [-0.2, 0) is 16.1 Å². The molecule has 0 spiro atoms. The molecule has 0 radical (unpaired) electrons. The van der Waals surface area contributed by atoms with E-state index in [1.807, 2.05) is 62.9 Å². The second-order valence-corrected chi connectivity index (χ2v) is 9.73. The molecule has 8 heteroatoms. The summed E-state index contributed by atoms with van der Waals surface area (Å²) in [6.07, 6.45) is 1.59. The Kier molecular flexibility index (Phi) is 8.50. The number of anilines is 1. The van der Waals surface area contributed by atoms with Gasteiger partial charge < -0.3 is 16.0 Å². The van der Waals surface area contributed by atoms with Crippen LogP contribution in [0.5, 0.6) is 0 Å². The van der Waals surface area contributed by atoms with Crippen LogP contribution in [0, 0.1) is 13.8 Å². The van der Waals surface area contributed by atoms with Gasteiger partial charge in [-0.15, -0.1) is 0 Å². The van der Waals surface area contributed by atoms with Crippen molar-refractivity contribution in [2.24, 2.45) is 10.7 Å². The highest BCUT2D eigenvalue weighted by Crippen LogP contribution is 2.27. The molecule has 1 heterocycles. The molecule has 0 saturated heterocycles. The van der Waals surface area contributed by atoms with Gasteiger partial charge in [-0.2, -0.15) is 0 Å². The molecule has 1 aliphatic heterocycles. The van der Waals surface area contributed by atoms with E-state index < -0.39 is 5.54 Å². The van der Waals surface area contributed by atoms with Crippen molar-refractivity contribution in [2.45, 2.75) is 66.0 Å². The molecule has 8 nitrogen and oxygen atoms in total. The third-order valence-corrected chi connectivity index (χ3v) is 6.15. The van der Waals surface area contributed by atoms with Gasteiger partial charge in [0.05, 0.1) is 13.0 Å². The molecule has 0 fully saturated rings. The highest BCUT2D eigenvalue weighted by Gasteiger charge is 2.45. The fourth-order valence-corrected chi connectivity index (χ4v) is 4.55. The van der Waals surface area contributed by atoms with E-state index in [0.717, 1.165) is 29.5 Å². The Morgan fingerprint density at radius 3 is 2.39 bits per heavy atom. The zero-order valence-electron chi connectivity index (χ0n) is 21.9. The lowest BCUT2D eigenvalue weighted by Gasteiger charge is -2.23. The van der Waals surface area contributed by atoms with Crippen LogP contribution in [0.2, 0.25) is 0 Å². The molecule has 0 bridgehead atoms. The summed E-state index contributed by atoms with van der Waals surface area (Å²) in [6.45, 7) is 11.2. The third kappa shape index (κ3) is 6.30. The summed E-state index contributed by atoms with van der Waals surface area (Å²) in [5.41, 5.74) is 8.72. The second-order valence-electron chi connectivity index (χ2n) is 9.73. The topological polar surface area (TPSA) is 108 Å². The van der Waals surface area contributed by atoms with Gasteiger partial charge >= 0.3 is 0 Å². The number of aliphatic imine (C=N–C) groups is 1. The quantitative estimate of drug-likeness (QED) is 0.523. The SMILES string of the molecule is CCCN(CCC)C(=O)c1cc(C)cc(NC(=O)CC2(C)N=C(N)N(Cc3cccc(C)c3)C2=O)c1. The lowest BCUT2D eigenvalue weighted by molar-refractivity contribution is -0.133. The maximum Gasteiger partial charge on any atom is 0.257 e. The molecule has 3 amide bonds. The molecule has 0 aliphatic carbocycles. The first-order valence-corrected chi connectivity index (χ1v) is 12.5. The first kappa shape index (κ1) is 26.9. The molecule has 0 aromatic heterocycles. The van der Waals surface area contributed by atoms with Crippen LogP contribution in [0.3, 0.4) is 0 Å². The maximum atomic E-state index is 13.2. The summed E-state index contributed by atoms with van der Waals surface area (Å²) in [6, 6.07) is 13.1. The summed E-state index contributed by atoms with van der Waals surface area (Å²) < 4.78 is 0. The largest absolute Gasteiger partial charge is 0.369 e. The van der Waals surface area contributed by atoms with Crippen molar-refractivity contribution >= 4 is 29.4 Å². The molecule has 36 heavy (non-hydrogen) atoms. The van der Waals surface area contributed by atoms with E-state index in [1.54, 1.807) is 19.1 Å². The average molecular weight is 492 g/mol. The van der Waals surface area contributed by atoms with Gasteiger partial charge in [0, 0.05) is 24.3 Å². The van der Waals surface area contributed by atoms with Crippen molar-refractivity contribution in [1.29, 1.82) is 0 Å². The normalized spacial score (nSPS) is 17.2. The van der Waals surface area contributed by atoms with Crippen molar-refractivity contribution in [3.63, 3.8) is 0 Å². The number of nitrogens with two attached hydrogens (primary N) is 1. The van der Waals surface area contributed by atoms with E-state index >= 15 is 0 Å². The number of benzene rings is 2. The van der Waals surface area contributed by atoms with E-state index in [1.165, 1.54) is 4.90 Å². The average Bonchev–Trinajstić information content (AvgIpc) is 3.00. The lowest BCUT2D eigenvalue weighted by atomic mass is 9.97. The molecule has 3 N–H and O–H groups in total. The van der Waals surface area contributed by atoms with E-state index in [4.69, 9.17) is 5.73 Å². The van der Waals surface area contributed by atoms with Crippen LogP contribution in [0.4, 0.5) is 5.69 Å². The summed E-state index contributed by atoms with van der Waals surface area (Å²) in [4.78, 5) is 46.9. The predicted octanol–water partition coefficient (Wildman–Crippen LogP) is 4.01. The monoisotopic (exact) mass is 491 g/mol. The van der Waals surface area contributed by atoms with Crippen LogP contribution in [-0.4, -0.2) is 52.1 Å². The fraction of sp³-hybridized carbons (Fsp3) is 0.429. The number of hydrogen-bond acceptors (Lipinski definition) is 5. The number of carbonyl (C=O) groups excluding carboxylic acids is 3. The Labute approximate surface area is 213 Å². The number of nitrogens with zero attached hydrogens (tertiary/aromatic N) is 3. The van der Waals surface area contributed by atoms with Gasteiger partial charge in [-0.05, 0) is 62.9 Å². The van der Waals surface area contributed by atoms with Gasteiger partial charge in [-0.1, -0.05) is 43.7 Å². The Hall–Kier alpha value is -3.68. The van der Waals surface area contributed by atoms with Crippen molar-refractivity contribution in [3.8, 4) is 0 Å². The van der Waals surface area contributed by atoms with Crippen LogP contribution in [0.1, 0.15) is 67.1 Å². The summed E-state index contributed by atoms with van der Waals surface area (Å²) in [7, 11) is 0. The van der Waals surface area contributed by atoms with E-state index in [9.17, 15) is 14.4 Å². The zero-order valence-corrected chi connectivity index (χ0v) is 21.9. The number of aryl methyl sites for hydroxylation is 2. The Balaban J connectivity index is 1.71. The van der Waals surface area contributed by atoms with Crippen LogP contribution >= 0.6 is 0 Å². The minimum Gasteiger partial charge on any atom is -0.369 e. The number of nitrogens with one attached hydrogen (secondary N) is 1. The van der Waals surface area contributed by atoms with E-state index in [0.29, 0.717) is 30.9 Å². The first-order valence-electron chi connectivity index (χ1n) is 12.5. The molecule has 0 saturated carbocycles. The highest BCUT2D eigenvalue weighted by molar-refractivity contribution is 6.09. The molecule has 1 atom stereocenters. The summed E-state index contributed by atoms with van der Waals surface area (Å²) >= 11 is 0. The number of carbonyl (C=O) groups is 3. The van der Waals surface area contributed by atoms with Gasteiger partial charge in [-0.3, -0.25) is 19.3 Å². The fourth-order valence-electron chi connectivity index (χ4n) is 4.55. The minimum atomic E-state index is -1.29. The molecule has 2 aromatic rings. The Morgan fingerprint density at radius 2 is 1.75 bits per heavy atom. The van der Waals surface area contributed by atoms with Crippen molar-refractivity contribution < 1.29 is 14.4 Å². The van der Waals surface area contributed by atoms with Crippen molar-refractivity contribution in [2.75, 3.05) is 18.4 Å². The predicted molar refractivity (Wildman–Crippen MR) is 143 cm³/mol. The molecular weight excluding hydrogens is 454 g/mol. The molecule has 1 unspecified atom stereocenters. The standard InChI is InChI=1S/C28H37N5O3/c1-6-11-32(12-7-2)25(35)22-14-20(4)15-23(16-22)30-24(34)17-28(5)26(36)33(27(29)31-28)18-21-10-8-9-19(3)13-21/h8-10,13-16H,6-7,11-12,17-18H2,1-5H3,(H2,29,31)(H,30,34). The van der Waals surface area contributed by atoms with Gasteiger partial charge in [0.25, 0.3) is 11.8 Å². The Bertz CT molecular complexity index is 1170. The van der Waals surface area contributed by atoms with E-state index in [2.05, 4.69) is 10.3 Å². The number of amides is 3. The van der Waals surface area contributed by atoms with Gasteiger partial charge in [0.1, 0.15) is 5.54 Å². The molecule has 2 aromatic carbocycles. The minimum absolute atomic E-state index is 0.0556. The molecule has 1 aliphatic rings. The van der Waals surface area contributed by atoms with Crippen molar-refractivity contribution in [1.82, 2.24) is 9.80 Å². The highest BCUT2D eigenvalue weighted by atomic mass is 16.2. The first-order chi connectivity index (χ1) is 17.1. The third-order valence-electron chi connectivity index (χ3n) is 6.15. The van der Waals surface area contributed by atoms with Crippen molar-refractivity contribution in [3.05, 3.63) is 64.7 Å². The summed E-state index contributed by atoms with van der Waals surface area (Å²) in [5, 5.41) is 2.85. The maximum absolute atomic E-state index is 13.2. The van der Waals surface area contributed by atoms with Crippen LogP contribution < -0.4 is 11.1 Å². The summed E-state index contributed by atoms with van der Waals surface area (Å²) in [5.74, 6) is -0.638. The number of guanidine groups is 1. The Morgan fingerprint density at radius 1 is 1.06 bits per heavy atom. The van der Waals surface area contributed by atoms with Gasteiger partial charge in [0.2, 0.25) is 5.91 Å². The molecule has 3 rings (SSSR count). The molecule has 192 valence electrons. The second kappa shape index (κ2) is 11.4. The van der Waals surface area contributed by atoms with E-state index in [-0.39, 0.29) is 30.1 Å². The van der Waals surface area contributed by atoms with Crippen LogP contribution in [0.25, 0.3) is 0 Å². The van der Waals surface area contributed by atoms with Crippen LogP contribution in [0.15, 0.2) is 47.5 Å². The lowest BCUT2D eigenvalue weighted by Crippen LogP contribution is -2.44. The zero-order chi connectivity index (χ0) is 26.5. The smallest absolute Gasteiger partial charge is 0.257 e. The van der Waals surface area contributed by atoms with Gasteiger partial charge in [-0.25, -0.2) is 4.99 Å².